The number of ketones is 1. The molecule has 0 aromatic heterocycles. The molecule has 0 saturated carbocycles. The third kappa shape index (κ3) is 2.80. The second kappa shape index (κ2) is 7.13. The fourth-order valence-electron chi connectivity index (χ4n) is 7.48. The molecule has 0 unspecified atom stereocenters. The number of rotatable bonds is 1. The third-order valence-corrected chi connectivity index (χ3v) is 8.76. The maximum Gasteiger partial charge on any atom is 0.248 e. The quantitative estimate of drug-likeness (QED) is 0.594. The first-order valence-electron chi connectivity index (χ1n) is 12.8. The van der Waals surface area contributed by atoms with Crippen LogP contribution in [0.1, 0.15) is 70.6 Å². The van der Waals surface area contributed by atoms with Gasteiger partial charge in [0.1, 0.15) is 22.8 Å². The Balaban J connectivity index is 1.73. The Hall–Kier alpha value is -3.85. The molecule has 3 aliphatic heterocycles. The molecule has 6 heteroatoms. The molecule has 1 amide bonds. The lowest BCUT2D eigenvalue weighted by Crippen LogP contribution is -2.58. The van der Waals surface area contributed by atoms with E-state index in [-0.39, 0.29) is 46.0 Å². The summed E-state index contributed by atoms with van der Waals surface area (Å²) in [7, 11) is 0. The average Bonchev–Trinajstić information content (AvgIpc) is 3.07. The minimum absolute atomic E-state index is 0.00400. The van der Waals surface area contributed by atoms with Crippen molar-refractivity contribution in [2.24, 2.45) is 11.1 Å². The third-order valence-electron chi connectivity index (χ3n) is 8.76. The summed E-state index contributed by atoms with van der Waals surface area (Å²) < 4.78 is 5.95. The van der Waals surface area contributed by atoms with Crippen LogP contribution in [0.2, 0.25) is 0 Å². The first-order chi connectivity index (χ1) is 17.4. The Bertz CT molecular complexity index is 1510. The fraction of sp³-hybridized carbons (Fsp3) is 0.387. The Morgan fingerprint density at radius 2 is 1.62 bits per heavy atom. The van der Waals surface area contributed by atoms with Crippen LogP contribution in [0.5, 0.6) is 0 Å². The maximum absolute atomic E-state index is 14.8. The van der Waals surface area contributed by atoms with E-state index >= 15 is 0 Å². The normalized spacial score (nSPS) is 29.1. The monoisotopic (exact) mass is 493 g/mol. The SMILES string of the molecule is CC1(C)CC(=O)C2=C(C1)OC(N)=C(C#N)[C@@]21C(=O)N2c3c1cccc3[C@@](C)(c1ccccc1)CC2(C)C. The molecule has 2 aromatic rings. The van der Waals surface area contributed by atoms with Crippen molar-refractivity contribution in [2.45, 2.75) is 70.3 Å². The van der Waals surface area contributed by atoms with Crippen LogP contribution in [0, 0.1) is 16.7 Å². The van der Waals surface area contributed by atoms with E-state index in [9.17, 15) is 14.9 Å². The predicted molar refractivity (Wildman–Crippen MR) is 140 cm³/mol. The number of nitriles is 1. The van der Waals surface area contributed by atoms with E-state index < -0.39 is 11.0 Å². The highest BCUT2D eigenvalue weighted by atomic mass is 16.5. The molecule has 2 N–H and O–H groups in total. The number of carbonyl (C=O) groups excluding carboxylic acids is 2. The first kappa shape index (κ1) is 23.5. The number of carbonyl (C=O) groups is 2. The highest BCUT2D eigenvalue weighted by molar-refractivity contribution is 6.21. The van der Waals surface area contributed by atoms with Crippen LogP contribution in [-0.2, 0) is 25.2 Å². The van der Waals surface area contributed by atoms with Crippen molar-refractivity contribution in [1.82, 2.24) is 0 Å². The van der Waals surface area contributed by atoms with Crippen LogP contribution < -0.4 is 10.6 Å². The van der Waals surface area contributed by atoms with Crippen molar-refractivity contribution in [3.05, 3.63) is 88.0 Å². The summed E-state index contributed by atoms with van der Waals surface area (Å²) >= 11 is 0. The highest BCUT2D eigenvalue weighted by Crippen LogP contribution is 2.63. The minimum Gasteiger partial charge on any atom is -0.444 e. The van der Waals surface area contributed by atoms with Gasteiger partial charge in [0.2, 0.25) is 11.8 Å². The molecule has 6 rings (SSSR count). The number of hydrogen-bond acceptors (Lipinski definition) is 5. The highest BCUT2D eigenvalue weighted by Gasteiger charge is 2.67. The Morgan fingerprint density at radius 1 is 0.946 bits per heavy atom. The average molecular weight is 494 g/mol. The summed E-state index contributed by atoms with van der Waals surface area (Å²) in [6, 6.07) is 18.4. The fourth-order valence-corrected chi connectivity index (χ4v) is 7.48. The Morgan fingerprint density at radius 3 is 2.30 bits per heavy atom. The molecule has 0 bridgehead atoms. The van der Waals surface area contributed by atoms with Gasteiger partial charge < -0.3 is 15.4 Å². The number of hydrogen-bond donors (Lipinski definition) is 1. The number of nitrogens with zero attached hydrogens (tertiary/aromatic N) is 2. The van der Waals surface area contributed by atoms with Gasteiger partial charge in [0.15, 0.2) is 5.78 Å². The number of amides is 1. The molecule has 0 saturated heterocycles. The molecule has 2 atom stereocenters. The van der Waals surface area contributed by atoms with E-state index in [4.69, 9.17) is 10.5 Å². The van der Waals surface area contributed by atoms with Gasteiger partial charge in [0.05, 0.1) is 11.3 Å². The molecular formula is C31H31N3O3. The van der Waals surface area contributed by atoms with Crippen LogP contribution in [0.15, 0.2) is 71.3 Å². The van der Waals surface area contributed by atoms with E-state index in [0.717, 1.165) is 16.8 Å². The second-order valence-electron chi connectivity index (χ2n) is 12.5. The molecular weight excluding hydrogens is 462 g/mol. The van der Waals surface area contributed by atoms with Crippen molar-refractivity contribution < 1.29 is 14.3 Å². The van der Waals surface area contributed by atoms with Crippen LogP contribution in [-0.4, -0.2) is 17.2 Å². The summed E-state index contributed by atoms with van der Waals surface area (Å²) in [5, 5.41) is 10.4. The van der Waals surface area contributed by atoms with Gasteiger partial charge in [0, 0.05) is 29.4 Å². The van der Waals surface area contributed by atoms with Crippen molar-refractivity contribution in [2.75, 3.05) is 4.90 Å². The first-order valence-corrected chi connectivity index (χ1v) is 12.8. The minimum atomic E-state index is -1.61. The van der Waals surface area contributed by atoms with Gasteiger partial charge in [-0.3, -0.25) is 9.59 Å². The van der Waals surface area contributed by atoms with Gasteiger partial charge in [-0.1, -0.05) is 69.3 Å². The van der Waals surface area contributed by atoms with Crippen molar-refractivity contribution in [3.63, 3.8) is 0 Å². The van der Waals surface area contributed by atoms with Crippen LogP contribution in [0.25, 0.3) is 0 Å². The van der Waals surface area contributed by atoms with Crippen molar-refractivity contribution in [1.29, 1.82) is 5.26 Å². The largest absolute Gasteiger partial charge is 0.444 e. The van der Waals surface area contributed by atoms with E-state index in [1.165, 1.54) is 0 Å². The topological polar surface area (TPSA) is 96.4 Å². The number of allylic oxidation sites excluding steroid dienone is 1. The van der Waals surface area contributed by atoms with Gasteiger partial charge in [-0.15, -0.1) is 0 Å². The lowest BCUT2D eigenvalue weighted by molar-refractivity contribution is -0.126. The number of nitrogens with two attached hydrogens (primary N) is 1. The van der Waals surface area contributed by atoms with Crippen LogP contribution >= 0.6 is 0 Å². The van der Waals surface area contributed by atoms with Gasteiger partial charge in [-0.05, 0) is 36.8 Å². The summed E-state index contributed by atoms with van der Waals surface area (Å²) in [6.07, 6.45) is 1.40. The molecule has 1 aliphatic carbocycles. The van der Waals surface area contributed by atoms with Gasteiger partial charge >= 0.3 is 0 Å². The molecule has 37 heavy (non-hydrogen) atoms. The summed E-state index contributed by atoms with van der Waals surface area (Å²) in [4.78, 5) is 30.5. The zero-order valence-electron chi connectivity index (χ0n) is 21.9. The number of Topliss-reactive ketones (excluding diaryl/α,β-unsaturated/α-hetero) is 1. The number of fused-ring (bicyclic) bond motifs is 2. The molecule has 3 heterocycles. The number of ether oxygens (including phenoxy) is 1. The van der Waals surface area contributed by atoms with E-state index in [1.54, 1.807) is 0 Å². The second-order valence-corrected chi connectivity index (χ2v) is 12.5. The molecule has 2 aromatic carbocycles. The Kier molecular flexibility index (Phi) is 4.54. The molecule has 0 fully saturated rings. The molecule has 0 radical (unpaired) electrons. The van der Waals surface area contributed by atoms with Gasteiger partial charge in [-0.2, -0.15) is 5.26 Å². The lowest BCUT2D eigenvalue weighted by Gasteiger charge is -2.50. The zero-order chi connectivity index (χ0) is 26.5. The molecule has 4 aliphatic rings. The van der Waals surface area contributed by atoms with E-state index in [1.807, 2.05) is 49.1 Å². The smallest absolute Gasteiger partial charge is 0.248 e. The summed E-state index contributed by atoms with van der Waals surface area (Å²) in [6.45, 7) is 10.3. The van der Waals surface area contributed by atoms with Crippen LogP contribution in [0.4, 0.5) is 5.69 Å². The van der Waals surface area contributed by atoms with Crippen LogP contribution in [0.3, 0.4) is 0 Å². The molecule has 6 nitrogen and oxygen atoms in total. The molecule has 1 spiro atoms. The molecule has 188 valence electrons. The maximum atomic E-state index is 14.8. The lowest BCUT2D eigenvalue weighted by atomic mass is 9.61. The van der Waals surface area contributed by atoms with Gasteiger partial charge in [-0.25, -0.2) is 0 Å². The summed E-state index contributed by atoms with van der Waals surface area (Å²) in [5.74, 6) is -0.146. The van der Waals surface area contributed by atoms with Crippen molar-refractivity contribution >= 4 is 17.4 Å². The van der Waals surface area contributed by atoms with Gasteiger partial charge in [0.25, 0.3) is 0 Å². The number of para-hydroxylation sites is 1. The zero-order valence-corrected chi connectivity index (χ0v) is 21.9. The Labute approximate surface area is 217 Å². The van der Waals surface area contributed by atoms with Crippen molar-refractivity contribution in [3.8, 4) is 6.07 Å². The number of benzene rings is 2. The van der Waals surface area contributed by atoms with E-state index in [0.29, 0.717) is 24.2 Å². The standard InChI is InChI=1S/C31H31N3O3/c1-28(2)14-22(35)24-23(15-28)37-26(33)21(16-32)31(24)20-13-9-12-19-25(20)34(27(31)36)29(3,4)17-30(19,5)18-10-7-6-8-11-18/h6-13H,14-15,17,33H2,1-5H3/t30-,31-/m1/s1. The van der Waals surface area contributed by atoms with E-state index in [2.05, 4.69) is 45.0 Å². The predicted octanol–water partition coefficient (Wildman–Crippen LogP) is 5.13. The summed E-state index contributed by atoms with van der Waals surface area (Å²) in [5.41, 5.74) is 7.32. The number of anilines is 1.